The van der Waals surface area contributed by atoms with Gasteiger partial charge in [0.2, 0.25) is 0 Å². The number of pyridine rings is 1. The maximum Gasteiger partial charge on any atom is 0.267 e. The minimum atomic E-state index is -0.0265. The fraction of sp³-hybridized carbons (Fsp3) is 0.228. The number of benzene rings is 6. The van der Waals surface area contributed by atoms with Gasteiger partial charge in [-0.25, -0.2) is 4.98 Å². The third-order valence-corrected chi connectivity index (χ3v) is 11.9. The van der Waals surface area contributed by atoms with E-state index in [4.69, 9.17) is 9.72 Å². The largest absolute Gasteiger partial charge is 0.510 e. The van der Waals surface area contributed by atoms with E-state index in [-0.39, 0.29) is 26.5 Å². The van der Waals surface area contributed by atoms with Crippen LogP contribution < -0.4 is 9.30 Å². The zero-order valence-corrected chi connectivity index (χ0v) is 39.9. The maximum atomic E-state index is 6.74. The molecule has 0 fully saturated rings. The van der Waals surface area contributed by atoms with Gasteiger partial charge in [-0.2, -0.15) is 12.1 Å². The molecule has 3 aromatic heterocycles. The molecule has 0 aliphatic heterocycles. The second-order valence-electron chi connectivity index (χ2n) is 18.4. The van der Waals surface area contributed by atoms with E-state index in [1.54, 1.807) is 0 Å². The van der Waals surface area contributed by atoms with Gasteiger partial charge < -0.3 is 13.9 Å². The summed E-state index contributed by atoms with van der Waals surface area (Å²) in [5.74, 6) is 3.26. The van der Waals surface area contributed by atoms with Gasteiger partial charge in [0.05, 0.1) is 5.69 Å². The first-order chi connectivity index (χ1) is 29.8. The number of nitrogens with zero attached hydrogens (tertiary/aromatic N) is 4. The summed E-state index contributed by atoms with van der Waals surface area (Å²) in [4.78, 5) is 4.86. The number of hydrogen-bond acceptors (Lipinski definition) is 2. The molecule has 0 radical (unpaired) electrons. The van der Waals surface area contributed by atoms with Crippen molar-refractivity contribution in [3.8, 4) is 50.9 Å². The second-order valence-corrected chi connectivity index (χ2v) is 18.4. The van der Waals surface area contributed by atoms with Gasteiger partial charge in [0.25, 0.3) is 6.33 Å². The fourth-order valence-corrected chi connectivity index (χ4v) is 8.50. The molecule has 6 heteroatoms. The molecule has 320 valence electrons. The Bertz CT molecular complexity index is 3050. The zero-order valence-electron chi connectivity index (χ0n) is 37.6. The van der Waals surface area contributed by atoms with E-state index < -0.39 is 0 Å². The molecule has 0 saturated carbocycles. The zero-order chi connectivity index (χ0) is 43.3. The normalized spacial score (nSPS) is 11.9. The molecule has 5 nitrogen and oxygen atoms in total. The standard InChI is InChI=1S/C57H54N4O.Pt/c1-37(2)42-31-51(38(3)4)56(52(32-42)39(5)6)41-18-15-19-45(28-41)59-26-27-60(36-59)46-29-43(40-16-11-10-12-17-40)30-48(34-46)62-47-22-23-50-49-20-13-14-21-53(49)61(54(50)35-47)55-33-44(24-25-58-55)57(7,8)9;/h10-33,37-39H,1-9H3;/q-2;. The van der Waals surface area contributed by atoms with Gasteiger partial charge in [-0.1, -0.05) is 141 Å². The SMILES string of the molecule is CC(C)c1cc(C(C)C)c(-c2cccc(-[n+]3[c-]n(-c4[c-]c(Oc5[c-]c6c(cc5)c5ccccc5n6-c5cc(C(C)(C)C)ccn5)cc(-c5ccccc5)c4)cc3)c2)c(C(C)C)c1.[Pt]. The Labute approximate surface area is 387 Å². The van der Waals surface area contributed by atoms with Crippen molar-refractivity contribution in [3.63, 3.8) is 0 Å². The van der Waals surface area contributed by atoms with Crippen molar-refractivity contribution < 1.29 is 30.4 Å². The van der Waals surface area contributed by atoms with Crippen molar-refractivity contribution in [2.45, 2.75) is 85.5 Å². The minimum absolute atomic E-state index is 0. The number of ether oxygens (including phenoxy) is 1. The van der Waals surface area contributed by atoms with Gasteiger partial charge in [0.15, 0.2) is 0 Å². The molecule has 0 atom stereocenters. The third kappa shape index (κ3) is 8.69. The molecule has 63 heavy (non-hydrogen) atoms. The van der Waals surface area contributed by atoms with E-state index in [0.29, 0.717) is 29.3 Å². The first-order valence-corrected chi connectivity index (χ1v) is 21.9. The Balaban J connectivity index is 0.00000544. The van der Waals surface area contributed by atoms with E-state index in [1.165, 1.54) is 33.4 Å². The Morgan fingerprint density at radius 3 is 2.06 bits per heavy atom. The summed E-state index contributed by atoms with van der Waals surface area (Å²) in [6.07, 6.45) is 9.59. The summed E-state index contributed by atoms with van der Waals surface area (Å²) in [6, 6.07) is 52.4. The number of aromatic nitrogens is 4. The van der Waals surface area contributed by atoms with Crippen molar-refractivity contribution in [3.05, 3.63) is 187 Å². The molecular formula is C57H54N4OPt-2. The third-order valence-electron chi connectivity index (χ3n) is 11.9. The molecule has 0 amide bonds. The summed E-state index contributed by atoms with van der Waals surface area (Å²) < 4.78 is 13.0. The van der Waals surface area contributed by atoms with Crippen LogP contribution >= 0.6 is 0 Å². The quantitative estimate of drug-likeness (QED) is 0.101. The van der Waals surface area contributed by atoms with Crippen LogP contribution in [-0.4, -0.2) is 14.1 Å². The van der Waals surface area contributed by atoms with Crippen LogP contribution in [0.15, 0.2) is 146 Å². The van der Waals surface area contributed by atoms with Crippen molar-refractivity contribution in [2.75, 3.05) is 0 Å². The van der Waals surface area contributed by atoms with E-state index in [9.17, 15) is 0 Å². The van der Waals surface area contributed by atoms with Crippen molar-refractivity contribution >= 4 is 21.8 Å². The number of rotatable bonds is 10. The average molecular weight is 1010 g/mol. The molecule has 0 unspecified atom stereocenters. The summed E-state index contributed by atoms with van der Waals surface area (Å²) in [6.45, 7) is 20.5. The van der Waals surface area contributed by atoms with Crippen LogP contribution in [0.5, 0.6) is 11.5 Å². The van der Waals surface area contributed by atoms with Crippen molar-refractivity contribution in [1.82, 2.24) is 14.1 Å². The molecule has 0 N–H and O–H groups in total. The van der Waals surface area contributed by atoms with E-state index >= 15 is 0 Å². The number of fused-ring (bicyclic) bond motifs is 3. The first-order valence-electron chi connectivity index (χ1n) is 21.9. The van der Waals surface area contributed by atoms with Gasteiger partial charge in [-0.15, -0.1) is 35.2 Å². The van der Waals surface area contributed by atoms with Crippen molar-refractivity contribution in [1.29, 1.82) is 0 Å². The average Bonchev–Trinajstić information content (AvgIpc) is 3.90. The minimum Gasteiger partial charge on any atom is -0.510 e. The molecule has 0 spiro atoms. The molecule has 6 aromatic carbocycles. The van der Waals surface area contributed by atoms with Crippen molar-refractivity contribution in [2.24, 2.45) is 0 Å². The molecule has 9 aromatic rings. The summed E-state index contributed by atoms with van der Waals surface area (Å²) in [5.41, 5.74) is 13.9. The topological polar surface area (TPSA) is 35.9 Å². The van der Waals surface area contributed by atoms with Crippen LogP contribution in [0.1, 0.15) is 102 Å². The molecular weight excluding hydrogens is 952 g/mol. The molecule has 0 aliphatic rings. The predicted octanol–water partition coefficient (Wildman–Crippen LogP) is 14.4. The summed E-state index contributed by atoms with van der Waals surface area (Å²) >= 11 is 0. The molecule has 0 aliphatic carbocycles. The summed E-state index contributed by atoms with van der Waals surface area (Å²) in [5, 5.41) is 2.22. The molecule has 0 saturated heterocycles. The van der Waals surface area contributed by atoms with Gasteiger partial charge in [0.1, 0.15) is 5.82 Å². The monoisotopic (exact) mass is 1010 g/mol. The Kier molecular flexibility index (Phi) is 12.2. The second kappa shape index (κ2) is 17.6. The Morgan fingerprint density at radius 2 is 1.35 bits per heavy atom. The van der Waals surface area contributed by atoms with Gasteiger partial charge >= 0.3 is 0 Å². The number of para-hydroxylation sites is 1. The first kappa shape index (κ1) is 43.6. The fourth-order valence-electron chi connectivity index (χ4n) is 8.50. The van der Waals surface area contributed by atoms with Crippen LogP contribution in [0, 0.1) is 18.5 Å². The number of hydrogen-bond donors (Lipinski definition) is 0. The molecule has 9 rings (SSSR count). The smallest absolute Gasteiger partial charge is 0.267 e. The number of imidazole rings is 1. The van der Waals surface area contributed by atoms with Crippen LogP contribution in [0.25, 0.3) is 61.3 Å². The van der Waals surface area contributed by atoms with Crippen LogP contribution in [0.4, 0.5) is 0 Å². The van der Waals surface area contributed by atoms with Crippen LogP contribution in [-0.2, 0) is 26.5 Å². The van der Waals surface area contributed by atoms with Gasteiger partial charge in [-0.05, 0) is 104 Å². The summed E-state index contributed by atoms with van der Waals surface area (Å²) in [7, 11) is 0. The molecule has 3 heterocycles. The van der Waals surface area contributed by atoms with Gasteiger partial charge in [-0.3, -0.25) is 4.57 Å². The van der Waals surface area contributed by atoms with E-state index in [1.807, 2.05) is 35.2 Å². The maximum absolute atomic E-state index is 6.74. The Hall–Kier alpha value is -6.03. The van der Waals surface area contributed by atoms with E-state index in [0.717, 1.165) is 50.1 Å². The van der Waals surface area contributed by atoms with Crippen LogP contribution in [0.2, 0.25) is 0 Å². The van der Waals surface area contributed by atoms with Crippen LogP contribution in [0.3, 0.4) is 0 Å². The van der Waals surface area contributed by atoms with E-state index in [2.05, 4.69) is 205 Å². The predicted molar refractivity (Wildman–Crippen MR) is 254 cm³/mol. The van der Waals surface area contributed by atoms with Gasteiger partial charge in [0, 0.05) is 56.7 Å². The molecule has 0 bridgehead atoms. The Morgan fingerprint density at radius 1 is 0.635 bits per heavy atom.